The minimum absolute atomic E-state index is 0.248. The second-order valence-corrected chi connectivity index (χ2v) is 7.35. The number of ether oxygens (including phenoxy) is 1. The molecule has 0 saturated carbocycles. The maximum absolute atomic E-state index is 11.8. The molecule has 1 rings (SSSR count). The summed E-state index contributed by atoms with van der Waals surface area (Å²) in [4.78, 5) is 13.1. The van der Waals surface area contributed by atoms with Crippen molar-refractivity contribution < 1.29 is 9.53 Å². The Bertz CT molecular complexity index is 440. The molecular formula is C15H23BrO2S. The zero-order valence-corrected chi connectivity index (χ0v) is 14.8. The monoisotopic (exact) mass is 346 g/mol. The van der Waals surface area contributed by atoms with Gasteiger partial charge in [0.05, 0.1) is 16.5 Å². The molecule has 0 aliphatic carbocycles. The number of methoxy groups -OCH3 is 1. The van der Waals surface area contributed by atoms with Crippen LogP contribution in [0.5, 0.6) is 0 Å². The minimum Gasteiger partial charge on any atom is -0.465 e. The van der Waals surface area contributed by atoms with Crippen LogP contribution in [0.4, 0.5) is 0 Å². The predicted octanol–water partition coefficient (Wildman–Crippen LogP) is 5.54. The van der Waals surface area contributed by atoms with Gasteiger partial charge in [-0.1, -0.05) is 40.0 Å². The van der Waals surface area contributed by atoms with Crippen molar-refractivity contribution in [1.82, 2.24) is 0 Å². The van der Waals surface area contributed by atoms with Gasteiger partial charge in [0.15, 0.2) is 0 Å². The average Bonchev–Trinajstić information content (AvgIpc) is 2.69. The zero-order valence-electron chi connectivity index (χ0n) is 12.4. The molecule has 1 aromatic rings. The lowest BCUT2D eigenvalue weighted by Crippen LogP contribution is -2.10. The molecule has 0 aliphatic rings. The van der Waals surface area contributed by atoms with Crippen LogP contribution in [0.15, 0.2) is 3.79 Å². The van der Waals surface area contributed by atoms with Crippen molar-refractivity contribution in [3.05, 3.63) is 19.8 Å². The van der Waals surface area contributed by atoms with E-state index in [4.69, 9.17) is 4.74 Å². The molecule has 19 heavy (non-hydrogen) atoms. The summed E-state index contributed by atoms with van der Waals surface area (Å²) in [5.74, 6) is 0.923. The molecule has 2 unspecified atom stereocenters. The van der Waals surface area contributed by atoms with Crippen LogP contribution in [0.2, 0.25) is 0 Å². The maximum atomic E-state index is 11.8. The van der Waals surface area contributed by atoms with Crippen LogP contribution in [-0.4, -0.2) is 13.1 Å². The number of thiophene rings is 1. The third kappa shape index (κ3) is 3.60. The average molecular weight is 347 g/mol. The molecule has 0 aromatic carbocycles. The first kappa shape index (κ1) is 16.7. The fourth-order valence-electron chi connectivity index (χ4n) is 2.66. The molecule has 0 amide bonds. The van der Waals surface area contributed by atoms with Gasteiger partial charge in [-0.2, -0.15) is 0 Å². The van der Waals surface area contributed by atoms with Crippen LogP contribution < -0.4 is 0 Å². The Morgan fingerprint density at radius 1 is 1.42 bits per heavy atom. The molecule has 0 saturated heterocycles. The van der Waals surface area contributed by atoms with Crippen molar-refractivity contribution in [2.45, 2.75) is 52.9 Å². The Hall–Kier alpha value is -0.350. The zero-order chi connectivity index (χ0) is 14.6. The summed E-state index contributed by atoms with van der Waals surface area (Å²) in [5.41, 5.74) is 1.77. The van der Waals surface area contributed by atoms with Crippen molar-refractivity contribution in [2.75, 3.05) is 7.11 Å². The SMILES string of the molecule is CCCC(CC)C(C)c1sc(Br)c(C(=O)OC)c1C. The number of esters is 1. The molecular weight excluding hydrogens is 324 g/mol. The third-order valence-electron chi connectivity index (χ3n) is 3.83. The quantitative estimate of drug-likeness (QED) is 0.632. The molecule has 0 spiro atoms. The Labute approximate surface area is 128 Å². The van der Waals surface area contributed by atoms with Gasteiger partial charge in [0.25, 0.3) is 0 Å². The van der Waals surface area contributed by atoms with Gasteiger partial charge in [-0.15, -0.1) is 11.3 Å². The van der Waals surface area contributed by atoms with Gasteiger partial charge < -0.3 is 4.74 Å². The van der Waals surface area contributed by atoms with Gasteiger partial charge in [0, 0.05) is 4.88 Å². The van der Waals surface area contributed by atoms with Gasteiger partial charge in [-0.25, -0.2) is 4.79 Å². The summed E-state index contributed by atoms with van der Waals surface area (Å²) in [5, 5.41) is 0. The van der Waals surface area contributed by atoms with Crippen LogP contribution in [0.25, 0.3) is 0 Å². The van der Waals surface area contributed by atoms with E-state index < -0.39 is 0 Å². The summed E-state index contributed by atoms with van der Waals surface area (Å²) in [6, 6.07) is 0. The van der Waals surface area contributed by atoms with Crippen molar-refractivity contribution in [1.29, 1.82) is 0 Å². The normalized spacial score (nSPS) is 14.2. The molecule has 108 valence electrons. The van der Waals surface area contributed by atoms with Gasteiger partial charge in [-0.05, 0) is 40.3 Å². The molecule has 0 bridgehead atoms. The Kier molecular flexibility index (Phi) is 6.54. The van der Waals surface area contributed by atoms with Crippen LogP contribution in [0, 0.1) is 12.8 Å². The molecule has 1 heterocycles. The van der Waals surface area contributed by atoms with E-state index in [1.165, 1.54) is 31.2 Å². The Balaban J connectivity index is 3.11. The van der Waals surface area contributed by atoms with E-state index >= 15 is 0 Å². The van der Waals surface area contributed by atoms with E-state index in [1.54, 1.807) is 11.3 Å². The second-order valence-electron chi connectivity index (χ2n) is 4.98. The molecule has 1 aromatic heterocycles. The van der Waals surface area contributed by atoms with E-state index in [-0.39, 0.29) is 5.97 Å². The van der Waals surface area contributed by atoms with Crippen molar-refractivity contribution >= 4 is 33.2 Å². The van der Waals surface area contributed by atoms with Crippen molar-refractivity contribution in [2.24, 2.45) is 5.92 Å². The molecule has 2 nitrogen and oxygen atoms in total. The summed E-state index contributed by atoms with van der Waals surface area (Å²) in [7, 11) is 1.43. The van der Waals surface area contributed by atoms with E-state index in [2.05, 4.69) is 36.7 Å². The summed E-state index contributed by atoms with van der Waals surface area (Å²) < 4.78 is 5.76. The van der Waals surface area contributed by atoms with E-state index in [0.29, 0.717) is 17.4 Å². The van der Waals surface area contributed by atoms with Gasteiger partial charge >= 0.3 is 5.97 Å². The standard InChI is InChI=1S/C15H23BrO2S/c1-6-8-11(7-2)9(3)13-10(4)12(14(16)19-13)15(17)18-5/h9,11H,6-8H2,1-5H3. The van der Waals surface area contributed by atoms with Gasteiger partial charge in [0.2, 0.25) is 0 Å². The number of hydrogen-bond acceptors (Lipinski definition) is 3. The van der Waals surface area contributed by atoms with Crippen molar-refractivity contribution in [3.8, 4) is 0 Å². The van der Waals surface area contributed by atoms with E-state index in [0.717, 1.165) is 9.35 Å². The van der Waals surface area contributed by atoms with E-state index in [1.807, 2.05) is 6.92 Å². The van der Waals surface area contributed by atoms with Crippen molar-refractivity contribution in [3.63, 3.8) is 0 Å². The smallest absolute Gasteiger partial charge is 0.340 e. The Morgan fingerprint density at radius 2 is 2.05 bits per heavy atom. The van der Waals surface area contributed by atoms with Crippen LogP contribution in [-0.2, 0) is 4.74 Å². The van der Waals surface area contributed by atoms with Crippen LogP contribution in [0.3, 0.4) is 0 Å². The highest BCUT2D eigenvalue weighted by Gasteiger charge is 2.26. The summed E-state index contributed by atoms with van der Waals surface area (Å²) in [6.45, 7) is 8.77. The third-order valence-corrected chi connectivity index (χ3v) is 6.00. The molecule has 0 radical (unpaired) electrons. The largest absolute Gasteiger partial charge is 0.465 e. The molecule has 0 aliphatic heterocycles. The lowest BCUT2D eigenvalue weighted by atomic mass is 9.85. The minimum atomic E-state index is -0.248. The number of carbonyl (C=O) groups is 1. The second kappa shape index (κ2) is 7.44. The van der Waals surface area contributed by atoms with Gasteiger partial charge in [0.1, 0.15) is 0 Å². The van der Waals surface area contributed by atoms with E-state index in [9.17, 15) is 4.79 Å². The number of hydrogen-bond donors (Lipinski definition) is 0. The fraction of sp³-hybridized carbons (Fsp3) is 0.667. The number of rotatable bonds is 6. The highest BCUT2D eigenvalue weighted by atomic mass is 79.9. The first-order valence-electron chi connectivity index (χ1n) is 6.84. The Morgan fingerprint density at radius 3 is 2.53 bits per heavy atom. The fourth-order valence-corrected chi connectivity index (χ4v) is 4.80. The van der Waals surface area contributed by atoms with Crippen LogP contribution in [0.1, 0.15) is 66.8 Å². The first-order chi connectivity index (χ1) is 8.97. The lowest BCUT2D eigenvalue weighted by molar-refractivity contribution is 0.0599. The summed E-state index contributed by atoms with van der Waals surface area (Å²) >= 11 is 5.18. The molecule has 0 N–H and O–H groups in total. The first-order valence-corrected chi connectivity index (χ1v) is 8.45. The van der Waals surface area contributed by atoms with Gasteiger partial charge in [-0.3, -0.25) is 0 Å². The molecule has 2 atom stereocenters. The summed E-state index contributed by atoms with van der Waals surface area (Å²) in [6.07, 6.45) is 3.62. The maximum Gasteiger partial charge on any atom is 0.340 e. The highest BCUT2D eigenvalue weighted by molar-refractivity contribution is 9.11. The predicted molar refractivity (Wildman–Crippen MR) is 85.2 cm³/mol. The molecule has 4 heteroatoms. The highest BCUT2D eigenvalue weighted by Crippen LogP contribution is 2.41. The molecule has 0 fully saturated rings. The number of halogens is 1. The topological polar surface area (TPSA) is 26.3 Å². The number of carbonyl (C=O) groups excluding carboxylic acids is 1. The lowest BCUT2D eigenvalue weighted by Gasteiger charge is -2.22. The van der Waals surface area contributed by atoms with Crippen LogP contribution >= 0.6 is 27.3 Å².